The number of nitrogens with zero attached hydrogens (tertiary/aromatic N) is 1. The molecule has 3 rings (SSSR count). The van der Waals surface area contributed by atoms with E-state index in [1.807, 2.05) is 37.3 Å². The number of carbonyl (C=O) groups is 2. The van der Waals surface area contributed by atoms with Crippen molar-refractivity contribution in [2.24, 2.45) is 0 Å². The summed E-state index contributed by atoms with van der Waals surface area (Å²) in [6.07, 6.45) is 1.13. The van der Waals surface area contributed by atoms with E-state index in [-0.39, 0.29) is 18.4 Å². The first kappa shape index (κ1) is 17.0. The molecule has 2 aromatic rings. The summed E-state index contributed by atoms with van der Waals surface area (Å²) in [6.45, 7) is 1.84. The average molecular weight is 408 g/mol. The van der Waals surface area contributed by atoms with Gasteiger partial charge in [0.1, 0.15) is 6.54 Å². The van der Waals surface area contributed by atoms with Crippen LogP contribution in [0.1, 0.15) is 17.5 Å². The van der Waals surface area contributed by atoms with E-state index in [2.05, 4.69) is 21.2 Å². The number of nitrogens with one attached hydrogen (secondary N) is 1. The van der Waals surface area contributed by atoms with Crippen LogP contribution in [0.25, 0.3) is 0 Å². The molecule has 1 heterocycles. The molecular formula is C18H16BrClN2O2. The minimum absolute atomic E-state index is 0.0261. The quantitative estimate of drug-likeness (QED) is 0.823. The molecule has 1 aliphatic rings. The molecule has 6 heteroatoms. The number of para-hydroxylation sites is 1. The monoisotopic (exact) mass is 406 g/mol. The maximum atomic E-state index is 12.5. The molecule has 124 valence electrons. The van der Waals surface area contributed by atoms with E-state index >= 15 is 0 Å². The molecule has 2 aromatic carbocycles. The first-order valence-electron chi connectivity index (χ1n) is 7.59. The lowest BCUT2D eigenvalue weighted by Crippen LogP contribution is -2.41. The van der Waals surface area contributed by atoms with Crippen molar-refractivity contribution in [1.82, 2.24) is 0 Å². The van der Waals surface area contributed by atoms with Gasteiger partial charge in [0.05, 0.1) is 10.7 Å². The van der Waals surface area contributed by atoms with E-state index in [4.69, 9.17) is 11.6 Å². The molecule has 24 heavy (non-hydrogen) atoms. The Balaban J connectivity index is 1.80. The Kier molecular flexibility index (Phi) is 4.92. The van der Waals surface area contributed by atoms with Crippen LogP contribution in [0.3, 0.4) is 0 Å². The Labute approximate surface area is 153 Å². The van der Waals surface area contributed by atoms with Crippen LogP contribution in [-0.2, 0) is 16.0 Å². The third-order valence-corrected chi connectivity index (χ3v) is 4.77. The summed E-state index contributed by atoms with van der Waals surface area (Å²) < 4.78 is 0.850. The molecule has 0 aromatic heterocycles. The maximum Gasteiger partial charge on any atom is 0.244 e. The van der Waals surface area contributed by atoms with Crippen molar-refractivity contribution in [3.05, 3.63) is 57.0 Å². The van der Waals surface area contributed by atoms with E-state index in [0.29, 0.717) is 23.6 Å². The summed E-state index contributed by atoms with van der Waals surface area (Å²) in [6, 6.07) is 11.3. The van der Waals surface area contributed by atoms with Gasteiger partial charge in [-0.25, -0.2) is 0 Å². The molecule has 0 radical (unpaired) electrons. The van der Waals surface area contributed by atoms with Crippen molar-refractivity contribution >= 4 is 50.7 Å². The Morgan fingerprint density at radius 3 is 2.79 bits per heavy atom. The number of hydrogen-bond donors (Lipinski definition) is 1. The minimum Gasteiger partial charge on any atom is -0.323 e. The van der Waals surface area contributed by atoms with Crippen LogP contribution in [0.5, 0.6) is 0 Å². The lowest BCUT2D eigenvalue weighted by atomic mass is 10.0. The van der Waals surface area contributed by atoms with Crippen molar-refractivity contribution in [2.75, 3.05) is 16.8 Å². The van der Waals surface area contributed by atoms with Crippen molar-refractivity contribution in [1.29, 1.82) is 0 Å². The number of benzene rings is 2. The van der Waals surface area contributed by atoms with E-state index in [1.165, 1.54) is 4.90 Å². The van der Waals surface area contributed by atoms with Gasteiger partial charge in [-0.05, 0) is 42.7 Å². The normalized spacial score (nSPS) is 13.6. The van der Waals surface area contributed by atoms with Crippen molar-refractivity contribution in [3.63, 3.8) is 0 Å². The Hall–Kier alpha value is -1.85. The van der Waals surface area contributed by atoms with Crippen LogP contribution in [0, 0.1) is 6.92 Å². The topological polar surface area (TPSA) is 49.4 Å². The Morgan fingerprint density at radius 2 is 2.04 bits per heavy atom. The molecule has 0 aliphatic carbocycles. The van der Waals surface area contributed by atoms with Crippen LogP contribution in [0.4, 0.5) is 11.4 Å². The molecule has 0 bridgehead atoms. The molecule has 0 atom stereocenters. The highest BCUT2D eigenvalue weighted by atomic mass is 79.9. The number of anilines is 2. The summed E-state index contributed by atoms with van der Waals surface area (Å²) in [5.74, 6) is -0.310. The van der Waals surface area contributed by atoms with Crippen LogP contribution >= 0.6 is 27.5 Å². The molecule has 4 nitrogen and oxygen atoms in total. The summed E-state index contributed by atoms with van der Waals surface area (Å²) in [7, 11) is 0. The SMILES string of the molecule is Cc1cc(Br)cc(Cl)c1NC(=O)CN1C(=O)CCc2ccccc21. The number of amides is 2. The van der Waals surface area contributed by atoms with Gasteiger partial charge >= 0.3 is 0 Å². The van der Waals surface area contributed by atoms with Crippen molar-refractivity contribution in [2.45, 2.75) is 19.8 Å². The summed E-state index contributed by atoms with van der Waals surface area (Å²) in [5, 5.41) is 3.28. The van der Waals surface area contributed by atoms with Crippen LogP contribution < -0.4 is 10.2 Å². The second-order valence-electron chi connectivity index (χ2n) is 5.74. The number of aryl methyl sites for hydroxylation is 2. The predicted molar refractivity (Wildman–Crippen MR) is 99.6 cm³/mol. The number of carbonyl (C=O) groups excluding carboxylic acids is 2. The largest absolute Gasteiger partial charge is 0.323 e. The van der Waals surface area contributed by atoms with Gasteiger partial charge in [0, 0.05) is 16.6 Å². The number of rotatable bonds is 3. The highest BCUT2D eigenvalue weighted by molar-refractivity contribution is 9.10. The van der Waals surface area contributed by atoms with Gasteiger partial charge in [-0.1, -0.05) is 45.7 Å². The highest BCUT2D eigenvalue weighted by Gasteiger charge is 2.25. The zero-order valence-corrected chi connectivity index (χ0v) is 15.4. The standard InChI is InChI=1S/C18H16BrClN2O2/c1-11-8-13(19)9-14(20)18(11)21-16(23)10-22-15-5-3-2-4-12(15)6-7-17(22)24/h2-5,8-9H,6-7,10H2,1H3,(H,21,23). The lowest BCUT2D eigenvalue weighted by molar-refractivity contribution is -0.121. The van der Waals surface area contributed by atoms with Crippen LogP contribution in [-0.4, -0.2) is 18.4 Å². The Morgan fingerprint density at radius 1 is 1.29 bits per heavy atom. The van der Waals surface area contributed by atoms with E-state index in [9.17, 15) is 9.59 Å². The number of hydrogen-bond acceptors (Lipinski definition) is 2. The van der Waals surface area contributed by atoms with Gasteiger partial charge in [0.25, 0.3) is 0 Å². The first-order valence-corrected chi connectivity index (χ1v) is 8.76. The molecule has 0 saturated carbocycles. The van der Waals surface area contributed by atoms with Gasteiger partial charge in [-0.3, -0.25) is 9.59 Å². The minimum atomic E-state index is -0.271. The van der Waals surface area contributed by atoms with Crippen LogP contribution in [0.15, 0.2) is 40.9 Å². The molecule has 0 saturated heterocycles. The number of halogens is 2. The third-order valence-electron chi connectivity index (χ3n) is 4.01. The first-order chi connectivity index (χ1) is 11.5. The second kappa shape index (κ2) is 6.95. The summed E-state index contributed by atoms with van der Waals surface area (Å²) in [4.78, 5) is 26.2. The molecule has 1 aliphatic heterocycles. The molecule has 0 fully saturated rings. The van der Waals surface area contributed by atoms with Gasteiger partial charge in [0.15, 0.2) is 0 Å². The lowest BCUT2D eigenvalue weighted by Gasteiger charge is -2.29. The fraction of sp³-hybridized carbons (Fsp3) is 0.222. The highest BCUT2D eigenvalue weighted by Crippen LogP contribution is 2.31. The fourth-order valence-electron chi connectivity index (χ4n) is 2.85. The van der Waals surface area contributed by atoms with Crippen LogP contribution in [0.2, 0.25) is 5.02 Å². The molecule has 0 unspecified atom stereocenters. The van der Waals surface area contributed by atoms with E-state index in [0.717, 1.165) is 21.3 Å². The third kappa shape index (κ3) is 3.47. The number of fused-ring (bicyclic) bond motifs is 1. The van der Waals surface area contributed by atoms with Gasteiger partial charge in [-0.2, -0.15) is 0 Å². The van der Waals surface area contributed by atoms with Crippen molar-refractivity contribution in [3.8, 4) is 0 Å². The van der Waals surface area contributed by atoms with Gasteiger partial charge < -0.3 is 10.2 Å². The zero-order valence-electron chi connectivity index (χ0n) is 13.1. The average Bonchev–Trinajstić information content (AvgIpc) is 2.53. The van der Waals surface area contributed by atoms with Gasteiger partial charge in [-0.15, -0.1) is 0 Å². The molecule has 2 amide bonds. The van der Waals surface area contributed by atoms with Crippen molar-refractivity contribution < 1.29 is 9.59 Å². The Bertz CT molecular complexity index is 799. The molecule has 1 N–H and O–H groups in total. The maximum absolute atomic E-state index is 12.5. The predicted octanol–water partition coefficient (Wildman–Crippen LogP) is 4.33. The summed E-state index contributed by atoms with van der Waals surface area (Å²) >= 11 is 9.57. The summed E-state index contributed by atoms with van der Waals surface area (Å²) in [5.41, 5.74) is 3.32. The smallest absolute Gasteiger partial charge is 0.244 e. The van der Waals surface area contributed by atoms with E-state index < -0.39 is 0 Å². The fourth-order valence-corrected chi connectivity index (χ4v) is 3.87. The van der Waals surface area contributed by atoms with Gasteiger partial charge in [0.2, 0.25) is 11.8 Å². The van der Waals surface area contributed by atoms with E-state index in [1.54, 1.807) is 6.07 Å². The zero-order chi connectivity index (χ0) is 17.3. The molecular weight excluding hydrogens is 392 g/mol. The molecule has 0 spiro atoms. The second-order valence-corrected chi connectivity index (χ2v) is 7.06.